The van der Waals surface area contributed by atoms with Gasteiger partial charge in [-0.1, -0.05) is 36.8 Å². The molecular weight excluding hydrogens is 475 g/mol. The zero-order valence-corrected chi connectivity index (χ0v) is 20.9. The van der Waals surface area contributed by atoms with Crippen LogP contribution in [0.3, 0.4) is 0 Å². The van der Waals surface area contributed by atoms with E-state index >= 15 is 0 Å². The molecule has 3 aromatic rings. The molecule has 11 heteroatoms. The minimum Gasteiger partial charge on any atom is -0.382 e. The van der Waals surface area contributed by atoms with E-state index in [1.807, 2.05) is 31.2 Å². The summed E-state index contributed by atoms with van der Waals surface area (Å²) < 4.78 is 43.3. The number of rotatable bonds is 9. The predicted octanol–water partition coefficient (Wildman–Crippen LogP) is 4.35. The second-order valence-corrected chi connectivity index (χ2v) is 12.9. The van der Waals surface area contributed by atoms with Gasteiger partial charge in [-0.15, -0.1) is 0 Å². The van der Waals surface area contributed by atoms with Crippen molar-refractivity contribution in [1.82, 2.24) is 9.97 Å². The highest BCUT2D eigenvalue weighted by Crippen LogP contribution is 2.48. The highest BCUT2D eigenvalue weighted by Gasteiger charge is 2.29. The van der Waals surface area contributed by atoms with Gasteiger partial charge in [-0.2, -0.15) is 0 Å². The van der Waals surface area contributed by atoms with Gasteiger partial charge in [-0.3, -0.25) is 9.36 Å². The first-order valence-electron chi connectivity index (χ1n) is 10.6. The molecule has 0 spiro atoms. The molecule has 0 aliphatic rings. The number of nitrogens with two attached hydrogens (primary N) is 1. The van der Waals surface area contributed by atoms with Gasteiger partial charge in [0.05, 0.1) is 23.4 Å². The van der Waals surface area contributed by atoms with Crippen LogP contribution in [0.2, 0.25) is 0 Å². The fourth-order valence-corrected chi connectivity index (χ4v) is 8.05. The van der Waals surface area contributed by atoms with Crippen molar-refractivity contribution in [1.29, 1.82) is 0 Å². The normalized spacial score (nSPS) is 13.3. The average molecular weight is 503 g/mol. The maximum atomic E-state index is 12.8. The van der Waals surface area contributed by atoms with Gasteiger partial charge in [-0.25, -0.2) is 18.4 Å². The maximum Gasteiger partial charge on any atom is 0.278 e. The van der Waals surface area contributed by atoms with E-state index in [-0.39, 0.29) is 29.2 Å². The number of amides is 1. The van der Waals surface area contributed by atoms with Crippen LogP contribution in [-0.2, 0) is 18.9 Å². The molecule has 1 amide bonds. The van der Waals surface area contributed by atoms with Gasteiger partial charge in [0.25, 0.3) is 5.91 Å². The van der Waals surface area contributed by atoms with Crippen LogP contribution in [0.25, 0.3) is 11.3 Å². The van der Waals surface area contributed by atoms with Crippen LogP contribution in [0.15, 0.2) is 59.6 Å². The molecule has 3 rings (SSSR count). The first-order valence-corrected chi connectivity index (χ1v) is 14.3. The van der Waals surface area contributed by atoms with Gasteiger partial charge < -0.3 is 15.6 Å². The summed E-state index contributed by atoms with van der Waals surface area (Å²) in [6.45, 7) is 5.44. The van der Waals surface area contributed by atoms with Gasteiger partial charge in [0.1, 0.15) is 5.49 Å². The molecule has 0 saturated carbocycles. The molecule has 34 heavy (non-hydrogen) atoms. The Labute approximate surface area is 199 Å². The molecule has 1 atom stereocenters. The van der Waals surface area contributed by atoms with Gasteiger partial charge in [0, 0.05) is 17.4 Å². The van der Waals surface area contributed by atoms with Crippen LogP contribution < -0.4 is 11.1 Å². The van der Waals surface area contributed by atoms with Gasteiger partial charge in [0.2, 0.25) is 7.37 Å². The molecule has 0 bridgehead atoms. The minimum absolute atomic E-state index is 0.0143. The summed E-state index contributed by atoms with van der Waals surface area (Å²) in [7, 11) is -7.13. The van der Waals surface area contributed by atoms with E-state index in [0.29, 0.717) is 11.4 Å². The van der Waals surface area contributed by atoms with Gasteiger partial charge >= 0.3 is 0 Å². The van der Waals surface area contributed by atoms with Crippen LogP contribution >= 0.6 is 7.37 Å². The van der Waals surface area contributed by atoms with Crippen LogP contribution in [0.1, 0.15) is 29.9 Å². The second kappa shape index (κ2) is 10.5. The number of aryl methyl sites for hydroxylation is 1. The maximum absolute atomic E-state index is 12.8. The van der Waals surface area contributed by atoms with Crippen molar-refractivity contribution in [2.24, 2.45) is 0 Å². The zero-order chi connectivity index (χ0) is 24.9. The van der Waals surface area contributed by atoms with E-state index in [1.165, 1.54) is 30.5 Å². The molecule has 0 unspecified atom stereocenters. The number of hydrogen-bond donors (Lipinski definition) is 2. The summed E-state index contributed by atoms with van der Waals surface area (Å²) in [4.78, 5) is 21.2. The average Bonchev–Trinajstić information content (AvgIpc) is 2.80. The second-order valence-electron chi connectivity index (χ2n) is 7.63. The summed E-state index contributed by atoms with van der Waals surface area (Å²) in [6.07, 6.45) is 1.62. The summed E-state index contributed by atoms with van der Waals surface area (Å²) in [5.41, 5.74) is 7.97. The highest BCUT2D eigenvalue weighted by molar-refractivity contribution is 7.98. The number of anilines is 2. The van der Waals surface area contributed by atoms with Crippen molar-refractivity contribution in [2.45, 2.75) is 25.7 Å². The number of benzene rings is 2. The number of aromatic nitrogens is 2. The molecule has 3 N–H and O–H groups in total. The summed E-state index contributed by atoms with van der Waals surface area (Å²) in [5, 5.41) is 2.65. The van der Waals surface area contributed by atoms with E-state index in [9.17, 15) is 17.8 Å². The Morgan fingerprint density at radius 2 is 1.74 bits per heavy atom. The number of carbonyl (C=O) groups excluding carboxylic acids is 1. The number of carbonyl (C=O) groups is 1. The molecule has 0 aliphatic heterocycles. The molecule has 1 aromatic heterocycles. The quantitative estimate of drug-likeness (QED) is 0.411. The van der Waals surface area contributed by atoms with Crippen LogP contribution in [0.4, 0.5) is 11.5 Å². The lowest BCUT2D eigenvalue weighted by Gasteiger charge is -2.16. The third-order valence-electron chi connectivity index (χ3n) is 5.05. The van der Waals surface area contributed by atoms with Crippen molar-refractivity contribution in [3.05, 3.63) is 66.0 Å². The molecule has 0 saturated heterocycles. The molecule has 2 aromatic carbocycles. The summed E-state index contributed by atoms with van der Waals surface area (Å²) in [6, 6.07) is 13.2. The monoisotopic (exact) mass is 502 g/mol. The van der Waals surface area contributed by atoms with E-state index < -0.39 is 28.6 Å². The molecule has 1 heterocycles. The predicted molar refractivity (Wildman–Crippen MR) is 133 cm³/mol. The highest BCUT2D eigenvalue weighted by atomic mass is 32.2. The Kier molecular flexibility index (Phi) is 7.86. The van der Waals surface area contributed by atoms with Gasteiger partial charge in [0.15, 0.2) is 21.3 Å². The number of nitrogens with one attached hydrogen (secondary N) is 1. The number of nitrogen functional groups attached to an aromatic ring is 1. The van der Waals surface area contributed by atoms with E-state index in [2.05, 4.69) is 15.3 Å². The van der Waals surface area contributed by atoms with E-state index in [4.69, 9.17) is 10.3 Å². The molecule has 0 radical (unpaired) electrons. The van der Waals surface area contributed by atoms with Crippen molar-refractivity contribution in [3.63, 3.8) is 0 Å². The Bertz CT molecular complexity index is 1330. The summed E-state index contributed by atoms with van der Waals surface area (Å²) >= 11 is 0. The topological polar surface area (TPSA) is 141 Å². The van der Waals surface area contributed by atoms with E-state index in [0.717, 1.165) is 11.1 Å². The van der Waals surface area contributed by atoms with Gasteiger partial charge in [-0.05, 0) is 38.1 Å². The SMILES string of the molecule is CCO[P@@](=O)(CC)CS(=O)(=O)c1ccc(NC(=O)c2nc(-c3ccc(C)cc3)cnc2N)cc1. The molecule has 0 aliphatic carbocycles. The van der Waals surface area contributed by atoms with Crippen molar-refractivity contribution < 1.29 is 22.3 Å². The van der Waals surface area contributed by atoms with E-state index in [1.54, 1.807) is 13.8 Å². The number of nitrogens with zero attached hydrogens (tertiary/aromatic N) is 2. The Hall–Kier alpha value is -3.07. The third kappa shape index (κ3) is 6.08. The Morgan fingerprint density at radius 1 is 1.09 bits per heavy atom. The van der Waals surface area contributed by atoms with Crippen LogP contribution in [-0.4, -0.2) is 42.6 Å². The van der Waals surface area contributed by atoms with Crippen molar-refractivity contribution in [3.8, 4) is 11.3 Å². The minimum atomic E-state index is -3.84. The fourth-order valence-electron chi connectivity index (χ4n) is 3.15. The largest absolute Gasteiger partial charge is 0.382 e. The molecule has 180 valence electrons. The molecule has 0 fully saturated rings. The Morgan fingerprint density at radius 3 is 2.32 bits per heavy atom. The first-order chi connectivity index (χ1) is 16.1. The summed E-state index contributed by atoms with van der Waals surface area (Å²) in [5.74, 6) is -0.611. The Balaban J connectivity index is 1.78. The van der Waals surface area contributed by atoms with Crippen LogP contribution in [0.5, 0.6) is 0 Å². The number of hydrogen-bond acceptors (Lipinski definition) is 8. The third-order valence-corrected chi connectivity index (χ3v) is 10.7. The van der Waals surface area contributed by atoms with Crippen LogP contribution in [0, 0.1) is 6.92 Å². The molecular formula is C23H27N4O5PS. The fraction of sp³-hybridized carbons (Fsp3) is 0.261. The lowest BCUT2D eigenvalue weighted by atomic mass is 10.1. The number of sulfone groups is 1. The standard InChI is InChI=1S/C23H27N4O5PS/c1-4-32-33(29,5-2)15-34(30,31)19-12-10-18(11-13-19)26-23(28)21-22(24)25-14-20(27-21)17-8-6-16(3)7-9-17/h6-14H,4-5,15H2,1-3H3,(H2,24,25)(H,26,28)/t33-/m0/s1. The lowest BCUT2D eigenvalue weighted by molar-refractivity contribution is 0.102. The van der Waals surface area contributed by atoms with Crippen molar-refractivity contribution in [2.75, 3.05) is 29.3 Å². The van der Waals surface area contributed by atoms with Crippen molar-refractivity contribution >= 4 is 34.6 Å². The molecule has 9 nitrogen and oxygen atoms in total. The lowest BCUT2D eigenvalue weighted by Crippen LogP contribution is -2.17. The first kappa shape index (κ1) is 25.6. The zero-order valence-electron chi connectivity index (χ0n) is 19.2. The smallest absolute Gasteiger partial charge is 0.278 e.